The number of benzene rings is 1. The SMILES string of the molecule is COC(OC)c1ccc(NCC(O)CCl)cc1F. The molecule has 0 spiro atoms. The second kappa shape index (κ2) is 7.53. The van der Waals surface area contributed by atoms with E-state index in [1.54, 1.807) is 12.1 Å². The Balaban J connectivity index is 2.73. The van der Waals surface area contributed by atoms with Gasteiger partial charge in [-0.15, -0.1) is 11.6 Å². The van der Waals surface area contributed by atoms with Crippen molar-refractivity contribution in [2.75, 3.05) is 32.0 Å². The summed E-state index contributed by atoms with van der Waals surface area (Å²) in [6, 6.07) is 4.58. The normalized spacial score (nSPS) is 12.8. The number of hydrogen-bond acceptors (Lipinski definition) is 4. The molecular formula is C12H17ClFNO3. The predicted molar refractivity (Wildman–Crippen MR) is 68.4 cm³/mol. The first-order valence-corrected chi connectivity index (χ1v) is 5.98. The maximum absolute atomic E-state index is 13.8. The fourth-order valence-electron chi connectivity index (χ4n) is 1.47. The second-order valence-corrected chi connectivity index (χ2v) is 4.04. The molecule has 1 aromatic carbocycles. The van der Waals surface area contributed by atoms with Crippen LogP contribution < -0.4 is 5.32 Å². The Bertz CT molecular complexity index is 374. The highest BCUT2D eigenvalue weighted by Gasteiger charge is 2.14. The van der Waals surface area contributed by atoms with Crippen molar-refractivity contribution in [3.05, 3.63) is 29.6 Å². The van der Waals surface area contributed by atoms with Gasteiger partial charge in [-0.1, -0.05) is 0 Å². The number of aliphatic hydroxyl groups excluding tert-OH is 1. The van der Waals surface area contributed by atoms with Crippen LogP contribution in [0.15, 0.2) is 18.2 Å². The van der Waals surface area contributed by atoms with Gasteiger partial charge in [0.2, 0.25) is 0 Å². The van der Waals surface area contributed by atoms with Gasteiger partial charge in [0, 0.05) is 32.0 Å². The highest BCUT2D eigenvalue weighted by molar-refractivity contribution is 6.18. The van der Waals surface area contributed by atoms with Gasteiger partial charge in [-0.3, -0.25) is 0 Å². The smallest absolute Gasteiger partial charge is 0.185 e. The van der Waals surface area contributed by atoms with E-state index < -0.39 is 18.2 Å². The molecule has 0 bridgehead atoms. The maximum Gasteiger partial charge on any atom is 0.185 e. The minimum absolute atomic E-state index is 0.128. The molecule has 1 aromatic rings. The molecule has 1 atom stereocenters. The number of anilines is 1. The van der Waals surface area contributed by atoms with Crippen LogP contribution in [0.25, 0.3) is 0 Å². The fraction of sp³-hybridized carbons (Fsp3) is 0.500. The zero-order valence-electron chi connectivity index (χ0n) is 10.3. The van der Waals surface area contributed by atoms with Crippen molar-refractivity contribution in [3.63, 3.8) is 0 Å². The van der Waals surface area contributed by atoms with Crippen LogP contribution in [0, 0.1) is 5.82 Å². The van der Waals surface area contributed by atoms with E-state index in [0.717, 1.165) is 0 Å². The third-order valence-electron chi connectivity index (χ3n) is 2.40. The topological polar surface area (TPSA) is 50.7 Å². The number of ether oxygens (including phenoxy) is 2. The minimum Gasteiger partial charge on any atom is -0.390 e. The van der Waals surface area contributed by atoms with Gasteiger partial charge in [0.25, 0.3) is 0 Å². The van der Waals surface area contributed by atoms with Gasteiger partial charge in [0.1, 0.15) is 5.82 Å². The summed E-state index contributed by atoms with van der Waals surface area (Å²) in [6.07, 6.45) is -1.40. The van der Waals surface area contributed by atoms with Crippen LogP contribution in [0.2, 0.25) is 0 Å². The molecule has 0 heterocycles. The molecule has 0 aliphatic carbocycles. The lowest BCUT2D eigenvalue weighted by atomic mass is 10.2. The molecule has 1 rings (SSSR count). The predicted octanol–water partition coefficient (Wildman–Crippen LogP) is 2.13. The number of rotatable bonds is 7. The average Bonchev–Trinajstić information content (AvgIpc) is 2.39. The number of hydrogen-bond donors (Lipinski definition) is 2. The van der Waals surface area contributed by atoms with E-state index in [4.69, 9.17) is 21.1 Å². The molecule has 18 heavy (non-hydrogen) atoms. The van der Waals surface area contributed by atoms with Crippen molar-refractivity contribution < 1.29 is 19.0 Å². The Labute approximate surface area is 111 Å². The van der Waals surface area contributed by atoms with Crippen molar-refractivity contribution in [1.29, 1.82) is 0 Å². The van der Waals surface area contributed by atoms with Crippen molar-refractivity contribution in [2.45, 2.75) is 12.4 Å². The molecule has 6 heteroatoms. The molecule has 0 aliphatic heterocycles. The third-order valence-corrected chi connectivity index (χ3v) is 2.76. The van der Waals surface area contributed by atoms with E-state index in [1.807, 2.05) is 0 Å². The second-order valence-electron chi connectivity index (χ2n) is 3.73. The zero-order chi connectivity index (χ0) is 13.5. The van der Waals surface area contributed by atoms with E-state index in [9.17, 15) is 9.50 Å². The average molecular weight is 278 g/mol. The monoisotopic (exact) mass is 277 g/mol. The Hall–Kier alpha value is -0.880. The van der Waals surface area contributed by atoms with E-state index in [-0.39, 0.29) is 12.4 Å². The van der Waals surface area contributed by atoms with E-state index >= 15 is 0 Å². The molecule has 0 radical (unpaired) electrons. The molecule has 4 nitrogen and oxygen atoms in total. The maximum atomic E-state index is 13.8. The summed E-state index contributed by atoms with van der Waals surface area (Å²) in [5.41, 5.74) is 0.884. The highest BCUT2D eigenvalue weighted by Crippen LogP contribution is 2.23. The molecule has 0 saturated carbocycles. The van der Waals surface area contributed by atoms with Gasteiger partial charge < -0.3 is 19.9 Å². The molecule has 0 amide bonds. The lowest BCUT2D eigenvalue weighted by molar-refractivity contribution is -0.107. The summed E-state index contributed by atoms with van der Waals surface area (Å²) >= 11 is 5.46. The standard InChI is InChI=1S/C12H17ClFNO3/c1-17-12(18-2)10-4-3-8(5-11(10)14)15-7-9(16)6-13/h3-5,9,12,15-16H,6-7H2,1-2H3. The van der Waals surface area contributed by atoms with Crippen LogP contribution in [0.3, 0.4) is 0 Å². The van der Waals surface area contributed by atoms with Crippen molar-refractivity contribution in [2.24, 2.45) is 0 Å². The quantitative estimate of drug-likeness (QED) is 0.592. The summed E-state index contributed by atoms with van der Waals surface area (Å²) in [4.78, 5) is 0. The van der Waals surface area contributed by atoms with E-state index in [1.165, 1.54) is 20.3 Å². The van der Waals surface area contributed by atoms with Crippen LogP contribution >= 0.6 is 11.6 Å². The molecule has 102 valence electrons. The summed E-state index contributed by atoms with van der Waals surface area (Å²) in [5, 5.41) is 12.2. The molecule has 0 saturated heterocycles. The number of methoxy groups -OCH3 is 2. The summed E-state index contributed by atoms with van der Waals surface area (Å²) in [6.45, 7) is 0.264. The molecular weight excluding hydrogens is 261 g/mol. The van der Waals surface area contributed by atoms with Gasteiger partial charge in [0.15, 0.2) is 6.29 Å². The number of halogens is 2. The zero-order valence-corrected chi connectivity index (χ0v) is 11.1. The Morgan fingerprint density at radius 3 is 2.56 bits per heavy atom. The Morgan fingerprint density at radius 1 is 1.39 bits per heavy atom. The minimum atomic E-state index is -0.729. The first-order valence-electron chi connectivity index (χ1n) is 5.45. The van der Waals surface area contributed by atoms with Gasteiger partial charge in [0.05, 0.1) is 12.0 Å². The summed E-state index contributed by atoms with van der Waals surface area (Å²) in [5.74, 6) is -0.308. The molecule has 0 fully saturated rings. The van der Waals surface area contributed by atoms with Crippen LogP contribution in [-0.4, -0.2) is 37.9 Å². The van der Waals surface area contributed by atoms with Crippen LogP contribution in [0.5, 0.6) is 0 Å². The highest BCUT2D eigenvalue weighted by atomic mass is 35.5. The first-order chi connectivity index (χ1) is 8.62. The van der Waals surface area contributed by atoms with Gasteiger partial charge in [-0.25, -0.2) is 4.39 Å². The number of nitrogens with one attached hydrogen (secondary N) is 1. The third kappa shape index (κ3) is 4.10. The number of alkyl halides is 1. The molecule has 0 aromatic heterocycles. The van der Waals surface area contributed by atoms with Crippen LogP contribution in [-0.2, 0) is 9.47 Å². The Kier molecular flexibility index (Phi) is 6.35. The lowest BCUT2D eigenvalue weighted by Gasteiger charge is -2.16. The molecule has 0 aliphatic rings. The van der Waals surface area contributed by atoms with Gasteiger partial charge in [-0.05, 0) is 18.2 Å². The first kappa shape index (κ1) is 15.2. The van der Waals surface area contributed by atoms with Crippen LogP contribution in [0.1, 0.15) is 11.9 Å². The van der Waals surface area contributed by atoms with Crippen molar-refractivity contribution in [1.82, 2.24) is 0 Å². The largest absolute Gasteiger partial charge is 0.390 e. The van der Waals surface area contributed by atoms with Crippen molar-refractivity contribution in [3.8, 4) is 0 Å². The summed E-state index contributed by atoms with van der Waals surface area (Å²) in [7, 11) is 2.88. The van der Waals surface area contributed by atoms with Crippen LogP contribution in [0.4, 0.5) is 10.1 Å². The lowest BCUT2D eigenvalue weighted by Crippen LogP contribution is -2.20. The van der Waals surface area contributed by atoms with Gasteiger partial charge >= 0.3 is 0 Å². The van der Waals surface area contributed by atoms with Crippen molar-refractivity contribution >= 4 is 17.3 Å². The molecule has 2 N–H and O–H groups in total. The van der Waals surface area contributed by atoms with Gasteiger partial charge in [-0.2, -0.15) is 0 Å². The summed E-state index contributed by atoms with van der Waals surface area (Å²) < 4.78 is 23.8. The Morgan fingerprint density at radius 2 is 2.06 bits per heavy atom. The van der Waals surface area contributed by atoms with E-state index in [0.29, 0.717) is 11.3 Å². The number of aliphatic hydroxyl groups is 1. The van der Waals surface area contributed by atoms with E-state index in [2.05, 4.69) is 5.32 Å². The molecule has 1 unspecified atom stereocenters. The fourth-order valence-corrected chi connectivity index (χ4v) is 1.58.